The van der Waals surface area contributed by atoms with Gasteiger partial charge < -0.3 is 20.1 Å². The average Bonchev–Trinajstić information content (AvgIpc) is 2.84. The maximum absolute atomic E-state index is 12.8. The van der Waals surface area contributed by atoms with E-state index in [4.69, 9.17) is 14.7 Å². The molecule has 0 saturated heterocycles. The number of methoxy groups -OCH3 is 1. The number of fused-ring (bicyclic) bond motifs is 1. The number of hydrogen-bond acceptors (Lipinski definition) is 6. The summed E-state index contributed by atoms with van der Waals surface area (Å²) in [6, 6.07) is 13.7. The van der Waals surface area contributed by atoms with Gasteiger partial charge in [0, 0.05) is 42.1 Å². The van der Waals surface area contributed by atoms with Crippen LogP contribution in [-0.4, -0.2) is 43.9 Å². The van der Waals surface area contributed by atoms with E-state index in [0.29, 0.717) is 34.6 Å². The van der Waals surface area contributed by atoms with Gasteiger partial charge in [-0.25, -0.2) is 0 Å². The first-order valence-corrected chi connectivity index (χ1v) is 10.5. The van der Waals surface area contributed by atoms with Crippen molar-refractivity contribution >= 4 is 28.1 Å². The number of amides is 1. The Kier molecular flexibility index (Phi) is 8.28. The number of halogens is 3. The number of ether oxygens (including phenoxy) is 2. The van der Waals surface area contributed by atoms with Gasteiger partial charge in [-0.05, 0) is 29.7 Å². The van der Waals surface area contributed by atoms with Crippen molar-refractivity contribution in [1.29, 1.82) is 5.26 Å². The van der Waals surface area contributed by atoms with E-state index in [1.54, 1.807) is 36.5 Å². The Bertz CT molecular complexity index is 1270. The molecule has 0 bridgehead atoms. The SMILES string of the molecule is C=C(C#N)CNc1c(OCC(F)(F)F)ccc2ccc(-c3cc(NC(=O)CCOC)ccn3)cc12. The molecule has 2 aromatic carbocycles. The molecule has 0 spiro atoms. The van der Waals surface area contributed by atoms with E-state index in [1.165, 1.54) is 13.2 Å². The van der Waals surface area contributed by atoms with E-state index in [1.807, 2.05) is 12.1 Å². The summed E-state index contributed by atoms with van der Waals surface area (Å²) in [6.07, 6.45) is -2.76. The van der Waals surface area contributed by atoms with Gasteiger partial charge in [-0.15, -0.1) is 0 Å². The van der Waals surface area contributed by atoms with Crippen LogP contribution >= 0.6 is 0 Å². The van der Waals surface area contributed by atoms with E-state index in [9.17, 15) is 18.0 Å². The summed E-state index contributed by atoms with van der Waals surface area (Å²) >= 11 is 0. The Labute approximate surface area is 200 Å². The molecule has 0 aliphatic heterocycles. The lowest BCUT2D eigenvalue weighted by Crippen LogP contribution is -2.20. The summed E-state index contributed by atoms with van der Waals surface area (Å²) < 4.78 is 48.3. The van der Waals surface area contributed by atoms with Crippen LogP contribution in [0.15, 0.2) is 60.8 Å². The van der Waals surface area contributed by atoms with Crippen molar-refractivity contribution in [2.45, 2.75) is 12.6 Å². The van der Waals surface area contributed by atoms with E-state index < -0.39 is 12.8 Å². The molecule has 0 radical (unpaired) electrons. The van der Waals surface area contributed by atoms with Crippen LogP contribution in [0.1, 0.15) is 6.42 Å². The maximum atomic E-state index is 12.8. The lowest BCUT2D eigenvalue weighted by molar-refractivity contribution is -0.153. The van der Waals surface area contributed by atoms with Crippen LogP contribution in [0.2, 0.25) is 0 Å². The molecule has 1 aromatic heterocycles. The molecule has 3 aromatic rings. The fourth-order valence-electron chi connectivity index (χ4n) is 3.24. The van der Waals surface area contributed by atoms with Crippen molar-refractivity contribution in [3.8, 4) is 23.1 Å². The fourth-order valence-corrected chi connectivity index (χ4v) is 3.24. The molecule has 3 rings (SSSR count). The van der Waals surface area contributed by atoms with Gasteiger partial charge in [-0.3, -0.25) is 9.78 Å². The van der Waals surface area contributed by atoms with Gasteiger partial charge in [0.05, 0.1) is 30.5 Å². The molecule has 7 nitrogen and oxygen atoms in total. The first-order chi connectivity index (χ1) is 16.7. The molecule has 0 aliphatic rings. The Morgan fingerprint density at radius 1 is 1.20 bits per heavy atom. The molecular weight excluding hydrogens is 461 g/mol. The van der Waals surface area contributed by atoms with Gasteiger partial charge in [0.15, 0.2) is 6.61 Å². The number of pyridine rings is 1. The quantitative estimate of drug-likeness (QED) is 0.379. The molecule has 35 heavy (non-hydrogen) atoms. The minimum Gasteiger partial charge on any atom is -0.482 e. The first kappa shape index (κ1) is 25.5. The number of hydrogen-bond donors (Lipinski definition) is 2. The van der Waals surface area contributed by atoms with Gasteiger partial charge in [-0.2, -0.15) is 18.4 Å². The monoisotopic (exact) mass is 484 g/mol. The first-order valence-electron chi connectivity index (χ1n) is 10.5. The van der Waals surface area contributed by atoms with Crippen LogP contribution in [0.5, 0.6) is 5.75 Å². The normalized spacial score (nSPS) is 11.1. The number of nitriles is 1. The minimum absolute atomic E-state index is 0.00942. The van der Waals surface area contributed by atoms with Crippen molar-refractivity contribution in [2.75, 3.05) is 37.5 Å². The fraction of sp³-hybridized carbons (Fsp3) is 0.240. The van der Waals surface area contributed by atoms with E-state index >= 15 is 0 Å². The zero-order chi connectivity index (χ0) is 25.4. The van der Waals surface area contributed by atoms with Crippen LogP contribution in [0.25, 0.3) is 22.0 Å². The number of benzene rings is 2. The number of nitrogens with one attached hydrogen (secondary N) is 2. The third-order valence-electron chi connectivity index (χ3n) is 4.88. The van der Waals surface area contributed by atoms with Gasteiger partial charge in [-0.1, -0.05) is 24.8 Å². The van der Waals surface area contributed by atoms with Crippen molar-refractivity contribution in [3.05, 3.63) is 60.8 Å². The predicted molar refractivity (Wildman–Crippen MR) is 127 cm³/mol. The van der Waals surface area contributed by atoms with E-state index in [0.717, 1.165) is 5.39 Å². The van der Waals surface area contributed by atoms with Crippen LogP contribution in [0.3, 0.4) is 0 Å². The molecule has 0 unspecified atom stereocenters. The minimum atomic E-state index is -4.51. The van der Waals surface area contributed by atoms with E-state index in [-0.39, 0.29) is 30.2 Å². The van der Waals surface area contributed by atoms with Crippen molar-refractivity contribution < 1.29 is 27.4 Å². The summed E-state index contributed by atoms with van der Waals surface area (Å²) in [5, 5.41) is 16.1. The maximum Gasteiger partial charge on any atom is 0.422 e. The second-order valence-electron chi connectivity index (χ2n) is 7.57. The van der Waals surface area contributed by atoms with Gasteiger partial charge in [0.25, 0.3) is 0 Å². The van der Waals surface area contributed by atoms with E-state index in [2.05, 4.69) is 22.2 Å². The molecule has 0 saturated carbocycles. The van der Waals surface area contributed by atoms with Crippen LogP contribution in [0.4, 0.5) is 24.5 Å². The van der Waals surface area contributed by atoms with Gasteiger partial charge in [0.1, 0.15) is 5.75 Å². The predicted octanol–water partition coefficient (Wildman–Crippen LogP) is 5.31. The Balaban J connectivity index is 1.99. The third-order valence-corrected chi connectivity index (χ3v) is 4.88. The smallest absolute Gasteiger partial charge is 0.422 e. The van der Waals surface area contributed by atoms with Gasteiger partial charge in [0.2, 0.25) is 5.91 Å². The zero-order valence-electron chi connectivity index (χ0n) is 18.9. The summed E-state index contributed by atoms with van der Waals surface area (Å²) in [6.45, 7) is 2.47. The highest BCUT2D eigenvalue weighted by molar-refractivity contribution is 5.99. The van der Waals surface area contributed by atoms with Crippen molar-refractivity contribution in [3.63, 3.8) is 0 Å². The highest BCUT2D eigenvalue weighted by atomic mass is 19.4. The number of rotatable bonds is 10. The van der Waals surface area contributed by atoms with Crippen molar-refractivity contribution in [2.24, 2.45) is 0 Å². The molecule has 0 fully saturated rings. The number of aromatic nitrogens is 1. The molecule has 10 heteroatoms. The van der Waals surface area contributed by atoms with Crippen LogP contribution in [-0.2, 0) is 9.53 Å². The number of alkyl halides is 3. The topological polar surface area (TPSA) is 96.3 Å². The highest BCUT2D eigenvalue weighted by Crippen LogP contribution is 2.37. The molecule has 0 atom stereocenters. The largest absolute Gasteiger partial charge is 0.482 e. The molecule has 0 aliphatic carbocycles. The summed E-state index contributed by atoms with van der Waals surface area (Å²) in [4.78, 5) is 16.4. The molecule has 2 N–H and O–H groups in total. The number of carbonyl (C=O) groups excluding carboxylic acids is 1. The molecule has 182 valence electrons. The second-order valence-corrected chi connectivity index (χ2v) is 7.57. The van der Waals surface area contributed by atoms with Crippen LogP contribution < -0.4 is 15.4 Å². The second kappa shape index (κ2) is 11.4. The molecular formula is C25H23F3N4O3. The number of nitrogens with zero attached hydrogens (tertiary/aromatic N) is 2. The Morgan fingerprint density at radius 3 is 2.69 bits per heavy atom. The lowest BCUT2D eigenvalue weighted by atomic mass is 10.0. The number of anilines is 2. The number of carbonyl (C=O) groups is 1. The average molecular weight is 484 g/mol. The zero-order valence-corrected chi connectivity index (χ0v) is 18.9. The molecule has 1 amide bonds. The summed E-state index contributed by atoms with van der Waals surface area (Å²) in [7, 11) is 1.51. The Morgan fingerprint density at radius 2 is 1.97 bits per heavy atom. The third kappa shape index (κ3) is 7.19. The lowest BCUT2D eigenvalue weighted by Gasteiger charge is -2.17. The summed E-state index contributed by atoms with van der Waals surface area (Å²) in [5.41, 5.74) is 2.26. The summed E-state index contributed by atoms with van der Waals surface area (Å²) in [5.74, 6) is -0.219. The highest BCUT2D eigenvalue weighted by Gasteiger charge is 2.29. The van der Waals surface area contributed by atoms with Crippen molar-refractivity contribution in [1.82, 2.24) is 4.98 Å². The molecule has 1 heterocycles. The standard InChI is InChI=1S/C25H23F3N4O3/c1-16(13-29)14-31-24-20-11-18(4-3-17(20)5-6-22(24)35-15-25(26,27)28)21-12-19(7-9-30-21)32-23(33)8-10-34-2/h3-7,9,11-12,31H,1,8,10,14-15H2,2H3,(H,30,32,33). The van der Waals surface area contributed by atoms with Gasteiger partial charge >= 0.3 is 6.18 Å². The Hall–Kier alpha value is -4.10. The van der Waals surface area contributed by atoms with Crippen LogP contribution in [0, 0.1) is 11.3 Å².